The number of aromatic nitrogens is 1. The predicted molar refractivity (Wildman–Crippen MR) is 100 cm³/mol. The van der Waals surface area contributed by atoms with Gasteiger partial charge in [0, 0.05) is 42.3 Å². The minimum absolute atomic E-state index is 0.0908. The lowest BCUT2D eigenvalue weighted by atomic mass is 10.1. The summed E-state index contributed by atoms with van der Waals surface area (Å²) in [5.41, 5.74) is 1.58. The quantitative estimate of drug-likeness (QED) is 0.768. The van der Waals surface area contributed by atoms with Crippen molar-refractivity contribution in [2.45, 2.75) is 26.3 Å². The number of pyridine rings is 1. The van der Waals surface area contributed by atoms with Crippen molar-refractivity contribution in [2.75, 3.05) is 18.0 Å². The van der Waals surface area contributed by atoms with Crippen molar-refractivity contribution in [1.82, 2.24) is 9.88 Å². The number of carbonyl (C=O) groups is 2. The van der Waals surface area contributed by atoms with Crippen LogP contribution in [-0.2, 0) is 11.3 Å². The Morgan fingerprint density at radius 3 is 2.80 bits per heavy atom. The second kappa shape index (κ2) is 7.78. The highest BCUT2D eigenvalue weighted by molar-refractivity contribution is 9.10. The summed E-state index contributed by atoms with van der Waals surface area (Å²) in [5.74, 6) is 0.716. The molecule has 5 nitrogen and oxygen atoms in total. The van der Waals surface area contributed by atoms with Crippen LogP contribution in [0, 0.1) is 0 Å². The first kappa shape index (κ1) is 17.6. The maximum absolute atomic E-state index is 12.9. The van der Waals surface area contributed by atoms with E-state index in [9.17, 15) is 9.59 Å². The SMILES string of the molecule is CCN(C(=O)c1cccc(CN2CCCC2=O)c1)c1ccc(Br)cn1. The monoisotopic (exact) mass is 401 g/mol. The number of benzene rings is 1. The molecule has 25 heavy (non-hydrogen) atoms. The summed E-state index contributed by atoms with van der Waals surface area (Å²) in [6.45, 7) is 3.81. The van der Waals surface area contributed by atoms with E-state index < -0.39 is 0 Å². The Hall–Kier alpha value is -2.21. The van der Waals surface area contributed by atoms with Crippen molar-refractivity contribution in [1.29, 1.82) is 0 Å². The second-order valence-corrected chi connectivity index (χ2v) is 6.92. The van der Waals surface area contributed by atoms with Gasteiger partial charge in [0.25, 0.3) is 5.91 Å². The van der Waals surface area contributed by atoms with E-state index in [-0.39, 0.29) is 11.8 Å². The molecule has 0 spiro atoms. The Morgan fingerprint density at radius 1 is 1.32 bits per heavy atom. The van der Waals surface area contributed by atoms with E-state index >= 15 is 0 Å². The third-order valence-corrected chi connectivity index (χ3v) is 4.74. The van der Waals surface area contributed by atoms with E-state index in [2.05, 4.69) is 20.9 Å². The van der Waals surface area contributed by atoms with Crippen molar-refractivity contribution in [3.05, 3.63) is 58.2 Å². The van der Waals surface area contributed by atoms with Crippen molar-refractivity contribution < 1.29 is 9.59 Å². The molecule has 0 unspecified atom stereocenters. The molecule has 2 amide bonds. The molecule has 1 aromatic heterocycles. The molecule has 130 valence electrons. The molecule has 0 atom stereocenters. The van der Waals surface area contributed by atoms with Gasteiger partial charge in [0.1, 0.15) is 5.82 Å². The van der Waals surface area contributed by atoms with Gasteiger partial charge in [-0.25, -0.2) is 4.98 Å². The van der Waals surface area contributed by atoms with E-state index in [0.29, 0.717) is 30.9 Å². The maximum atomic E-state index is 12.9. The average Bonchev–Trinajstić information content (AvgIpc) is 3.02. The predicted octanol–water partition coefficient (Wildman–Crippen LogP) is 3.63. The molecule has 0 N–H and O–H groups in total. The molecular weight excluding hydrogens is 382 g/mol. The van der Waals surface area contributed by atoms with E-state index in [1.54, 1.807) is 17.2 Å². The van der Waals surface area contributed by atoms with E-state index in [4.69, 9.17) is 0 Å². The lowest BCUT2D eigenvalue weighted by molar-refractivity contribution is -0.128. The Bertz CT molecular complexity index is 776. The fourth-order valence-electron chi connectivity index (χ4n) is 2.99. The molecule has 0 saturated carbocycles. The van der Waals surface area contributed by atoms with Crippen molar-refractivity contribution >= 4 is 33.6 Å². The van der Waals surface area contributed by atoms with Gasteiger partial charge >= 0.3 is 0 Å². The van der Waals surface area contributed by atoms with Crippen LogP contribution in [0.15, 0.2) is 47.1 Å². The number of hydrogen-bond acceptors (Lipinski definition) is 3. The third-order valence-electron chi connectivity index (χ3n) is 4.27. The van der Waals surface area contributed by atoms with Crippen LogP contribution in [0.1, 0.15) is 35.7 Å². The van der Waals surface area contributed by atoms with Gasteiger partial charge in [-0.15, -0.1) is 0 Å². The number of halogens is 1. The first-order chi connectivity index (χ1) is 12.1. The van der Waals surface area contributed by atoms with Crippen LogP contribution in [-0.4, -0.2) is 34.8 Å². The largest absolute Gasteiger partial charge is 0.338 e. The van der Waals surface area contributed by atoms with Crippen LogP contribution in [0.25, 0.3) is 0 Å². The summed E-state index contributed by atoms with van der Waals surface area (Å²) >= 11 is 3.36. The summed E-state index contributed by atoms with van der Waals surface area (Å²) in [4.78, 5) is 32.5. The number of likely N-dealkylation sites (tertiary alicyclic amines) is 1. The molecule has 0 bridgehead atoms. The van der Waals surface area contributed by atoms with Crippen LogP contribution in [0.5, 0.6) is 0 Å². The first-order valence-electron chi connectivity index (χ1n) is 8.38. The molecule has 1 saturated heterocycles. The fourth-order valence-corrected chi connectivity index (χ4v) is 3.22. The molecule has 2 aromatic rings. The Balaban J connectivity index is 1.79. The van der Waals surface area contributed by atoms with E-state index in [1.165, 1.54) is 0 Å². The summed E-state index contributed by atoms with van der Waals surface area (Å²) in [7, 11) is 0. The third kappa shape index (κ3) is 4.07. The summed E-state index contributed by atoms with van der Waals surface area (Å²) in [6.07, 6.45) is 3.22. The minimum Gasteiger partial charge on any atom is -0.338 e. The summed E-state index contributed by atoms with van der Waals surface area (Å²) < 4.78 is 0.872. The highest BCUT2D eigenvalue weighted by Gasteiger charge is 2.21. The normalized spacial score (nSPS) is 14.0. The first-order valence-corrected chi connectivity index (χ1v) is 9.18. The van der Waals surface area contributed by atoms with Gasteiger partial charge in [0.2, 0.25) is 5.91 Å². The lowest BCUT2D eigenvalue weighted by Crippen LogP contribution is -2.31. The fraction of sp³-hybridized carbons (Fsp3) is 0.316. The summed E-state index contributed by atoms with van der Waals surface area (Å²) in [6, 6.07) is 11.2. The molecule has 1 aliphatic heterocycles. The van der Waals surface area contributed by atoms with Crippen molar-refractivity contribution in [2.24, 2.45) is 0 Å². The van der Waals surface area contributed by atoms with Crippen LogP contribution in [0.2, 0.25) is 0 Å². The van der Waals surface area contributed by atoms with Crippen molar-refractivity contribution in [3.63, 3.8) is 0 Å². The second-order valence-electron chi connectivity index (χ2n) is 6.00. The molecule has 2 heterocycles. The lowest BCUT2D eigenvalue weighted by Gasteiger charge is -2.21. The van der Waals surface area contributed by atoms with Crippen LogP contribution < -0.4 is 4.90 Å². The molecule has 1 fully saturated rings. The molecule has 1 aromatic carbocycles. The van der Waals surface area contributed by atoms with Crippen LogP contribution in [0.4, 0.5) is 5.82 Å². The number of amides is 2. The molecule has 0 aliphatic carbocycles. The molecule has 1 aliphatic rings. The van der Waals surface area contributed by atoms with Crippen LogP contribution >= 0.6 is 15.9 Å². The number of carbonyl (C=O) groups excluding carboxylic acids is 2. The maximum Gasteiger partial charge on any atom is 0.259 e. The number of anilines is 1. The zero-order valence-corrected chi connectivity index (χ0v) is 15.7. The standard InChI is InChI=1S/C19H20BrN3O2/c1-2-23(17-9-8-16(20)12-21-17)19(25)15-6-3-5-14(11-15)13-22-10-4-7-18(22)24/h3,5-6,8-9,11-12H,2,4,7,10,13H2,1H3. The Labute approximate surface area is 155 Å². The molecular formula is C19H20BrN3O2. The number of hydrogen-bond donors (Lipinski definition) is 0. The van der Waals surface area contributed by atoms with Crippen LogP contribution in [0.3, 0.4) is 0 Å². The summed E-state index contributed by atoms with van der Waals surface area (Å²) in [5, 5.41) is 0. The smallest absolute Gasteiger partial charge is 0.259 e. The van der Waals surface area contributed by atoms with Gasteiger partial charge < -0.3 is 4.90 Å². The highest BCUT2D eigenvalue weighted by atomic mass is 79.9. The van der Waals surface area contributed by atoms with Gasteiger partial charge in [-0.2, -0.15) is 0 Å². The van der Waals surface area contributed by atoms with E-state index in [0.717, 1.165) is 23.0 Å². The van der Waals surface area contributed by atoms with Gasteiger partial charge in [-0.05, 0) is 59.1 Å². The Kier molecular flexibility index (Phi) is 5.48. The van der Waals surface area contributed by atoms with Crippen molar-refractivity contribution in [3.8, 4) is 0 Å². The molecule has 6 heteroatoms. The minimum atomic E-state index is -0.0908. The van der Waals surface area contributed by atoms with Gasteiger partial charge in [-0.1, -0.05) is 12.1 Å². The zero-order chi connectivity index (χ0) is 17.8. The van der Waals surface area contributed by atoms with Gasteiger partial charge in [0.05, 0.1) is 0 Å². The Morgan fingerprint density at radius 2 is 2.16 bits per heavy atom. The highest BCUT2D eigenvalue weighted by Crippen LogP contribution is 2.19. The van der Waals surface area contributed by atoms with Gasteiger partial charge in [-0.3, -0.25) is 14.5 Å². The zero-order valence-electron chi connectivity index (χ0n) is 14.1. The topological polar surface area (TPSA) is 53.5 Å². The molecule has 3 rings (SSSR count). The number of nitrogens with zero attached hydrogens (tertiary/aromatic N) is 3. The van der Waals surface area contributed by atoms with E-state index in [1.807, 2.05) is 42.2 Å². The number of rotatable bonds is 5. The van der Waals surface area contributed by atoms with Gasteiger partial charge in [0.15, 0.2) is 0 Å². The average molecular weight is 402 g/mol. The molecule has 0 radical (unpaired) electrons.